The predicted molar refractivity (Wildman–Crippen MR) is 130 cm³/mol. The Labute approximate surface area is 196 Å². The molecule has 3 aromatic heterocycles. The number of hydrogen-bond donors (Lipinski definition) is 2. The molecule has 4 aromatic rings. The molecule has 0 saturated heterocycles. The van der Waals surface area contributed by atoms with Crippen molar-refractivity contribution in [1.82, 2.24) is 19.4 Å². The molecule has 1 aliphatic carbocycles. The van der Waals surface area contributed by atoms with Gasteiger partial charge in [-0.05, 0) is 31.0 Å². The molecule has 1 saturated carbocycles. The lowest BCUT2D eigenvalue weighted by Gasteiger charge is -2.25. The molecule has 0 spiro atoms. The largest absolute Gasteiger partial charge is 0.383 e. The van der Waals surface area contributed by atoms with Crippen LogP contribution in [0, 0.1) is 5.82 Å². The lowest BCUT2D eigenvalue weighted by atomic mass is 9.95. The number of aromatic nitrogens is 4. The van der Waals surface area contributed by atoms with E-state index in [4.69, 9.17) is 17.3 Å². The van der Waals surface area contributed by atoms with Gasteiger partial charge in [-0.15, -0.1) is 0 Å². The average molecular weight is 466 g/mol. The minimum Gasteiger partial charge on any atom is -0.383 e. The number of aliphatic imine (C=N–C) groups is 1. The van der Waals surface area contributed by atoms with Crippen LogP contribution in [0.15, 0.2) is 54.0 Å². The summed E-state index contributed by atoms with van der Waals surface area (Å²) >= 11 is 6.22. The van der Waals surface area contributed by atoms with Crippen LogP contribution in [0.5, 0.6) is 0 Å². The van der Waals surface area contributed by atoms with Crippen LogP contribution in [0.4, 0.5) is 15.8 Å². The lowest BCUT2D eigenvalue weighted by Crippen LogP contribution is -2.25. The van der Waals surface area contributed by atoms with Gasteiger partial charge in [-0.2, -0.15) is 10.2 Å². The van der Waals surface area contributed by atoms with E-state index in [2.05, 4.69) is 26.6 Å². The van der Waals surface area contributed by atoms with Gasteiger partial charge in [0.2, 0.25) is 0 Å². The lowest BCUT2D eigenvalue weighted by molar-refractivity contribution is 0.463. The quantitative estimate of drug-likeness (QED) is 0.309. The highest BCUT2D eigenvalue weighted by molar-refractivity contribution is 6.33. The summed E-state index contributed by atoms with van der Waals surface area (Å²) in [5, 5.41) is 12.9. The van der Waals surface area contributed by atoms with Crippen molar-refractivity contribution in [2.45, 2.75) is 38.1 Å². The number of nitrogens with one attached hydrogen (secondary N) is 1. The molecule has 5 rings (SSSR count). The summed E-state index contributed by atoms with van der Waals surface area (Å²) in [5.41, 5.74) is 11.1. The highest BCUT2D eigenvalue weighted by Gasteiger charge is 2.20. The summed E-state index contributed by atoms with van der Waals surface area (Å²) in [6, 6.07) is 6.44. The molecular weight excluding hydrogens is 441 g/mol. The van der Waals surface area contributed by atoms with Gasteiger partial charge in [0.05, 0.1) is 39.9 Å². The second-order valence-electron chi connectivity index (χ2n) is 8.47. The number of hydrogen-bond acceptors (Lipinski definition) is 4. The Kier molecular flexibility index (Phi) is 5.76. The maximum atomic E-state index is 13.8. The molecule has 0 aliphatic heterocycles. The van der Waals surface area contributed by atoms with Crippen molar-refractivity contribution >= 4 is 34.3 Å². The second-order valence-corrected chi connectivity index (χ2v) is 8.87. The SMILES string of the molecule is Cn1cc(-c2cc3c(NC4CCCCC4)c(C(N)=Nc4cc(F)ccc4Cl)cnn3c2)cn1. The van der Waals surface area contributed by atoms with Crippen molar-refractivity contribution in [3.05, 3.63) is 65.5 Å². The summed E-state index contributed by atoms with van der Waals surface area (Å²) in [6.07, 6.45) is 13.3. The monoisotopic (exact) mass is 465 g/mol. The van der Waals surface area contributed by atoms with Crippen LogP contribution < -0.4 is 11.1 Å². The van der Waals surface area contributed by atoms with Gasteiger partial charge < -0.3 is 11.1 Å². The summed E-state index contributed by atoms with van der Waals surface area (Å²) < 4.78 is 17.4. The van der Waals surface area contributed by atoms with Crippen molar-refractivity contribution in [2.75, 3.05) is 5.32 Å². The number of anilines is 1. The number of fused-ring (bicyclic) bond motifs is 1. The zero-order valence-corrected chi connectivity index (χ0v) is 19.1. The van der Waals surface area contributed by atoms with Crippen LogP contribution in [-0.2, 0) is 7.05 Å². The third-order valence-corrected chi connectivity index (χ3v) is 6.37. The number of nitrogens with zero attached hydrogens (tertiary/aromatic N) is 5. The Hall–Kier alpha value is -3.39. The Balaban J connectivity index is 1.62. The highest BCUT2D eigenvalue weighted by atomic mass is 35.5. The number of benzene rings is 1. The molecule has 1 fully saturated rings. The molecule has 1 aromatic carbocycles. The first-order valence-electron chi connectivity index (χ1n) is 11.0. The minimum absolute atomic E-state index is 0.222. The van der Waals surface area contributed by atoms with Gasteiger partial charge in [0.1, 0.15) is 11.7 Å². The van der Waals surface area contributed by atoms with Crippen LogP contribution >= 0.6 is 11.6 Å². The van der Waals surface area contributed by atoms with Gasteiger partial charge in [0.15, 0.2) is 0 Å². The molecule has 0 atom stereocenters. The van der Waals surface area contributed by atoms with Gasteiger partial charge in [-0.1, -0.05) is 30.9 Å². The van der Waals surface area contributed by atoms with Crippen molar-refractivity contribution in [3.8, 4) is 11.1 Å². The van der Waals surface area contributed by atoms with Gasteiger partial charge in [0, 0.05) is 42.7 Å². The summed E-state index contributed by atoms with van der Waals surface area (Å²) in [7, 11) is 1.89. The Morgan fingerprint density at radius 2 is 1.94 bits per heavy atom. The first-order chi connectivity index (χ1) is 16.0. The van der Waals surface area contributed by atoms with Crippen molar-refractivity contribution in [2.24, 2.45) is 17.8 Å². The van der Waals surface area contributed by atoms with E-state index in [-0.39, 0.29) is 11.5 Å². The highest BCUT2D eigenvalue weighted by Crippen LogP contribution is 2.32. The second kappa shape index (κ2) is 8.86. The summed E-state index contributed by atoms with van der Waals surface area (Å²) in [6.45, 7) is 0. The first-order valence-corrected chi connectivity index (χ1v) is 11.4. The minimum atomic E-state index is -0.423. The normalized spacial score (nSPS) is 15.3. The van der Waals surface area contributed by atoms with E-state index in [9.17, 15) is 4.39 Å². The standard InChI is InChI=1S/C24H25ClFN7/c1-32-13-16(11-28-32)15-9-22-23(30-18-5-3-2-4-6-18)19(12-29-33(22)14-15)24(27)31-21-10-17(26)7-8-20(21)25/h7-14,18,30H,2-6H2,1H3,(H2,27,31). The molecule has 1 aliphatic rings. The Morgan fingerprint density at radius 3 is 2.70 bits per heavy atom. The molecule has 3 heterocycles. The maximum absolute atomic E-state index is 13.8. The van der Waals surface area contributed by atoms with Gasteiger partial charge >= 0.3 is 0 Å². The zero-order chi connectivity index (χ0) is 22.9. The van der Waals surface area contributed by atoms with Crippen molar-refractivity contribution in [1.29, 1.82) is 0 Å². The van der Waals surface area contributed by atoms with Gasteiger partial charge in [0.25, 0.3) is 0 Å². The molecule has 0 amide bonds. The van der Waals surface area contributed by atoms with E-state index in [1.807, 2.05) is 30.2 Å². The van der Waals surface area contributed by atoms with Gasteiger partial charge in [-0.25, -0.2) is 13.9 Å². The number of amidine groups is 1. The van der Waals surface area contributed by atoms with Crippen LogP contribution in [0.2, 0.25) is 5.02 Å². The maximum Gasteiger partial charge on any atom is 0.135 e. The topological polar surface area (TPSA) is 85.5 Å². The van der Waals surface area contributed by atoms with E-state index < -0.39 is 5.82 Å². The average Bonchev–Trinajstić information content (AvgIpc) is 3.43. The number of aryl methyl sites for hydroxylation is 1. The summed E-state index contributed by atoms with van der Waals surface area (Å²) in [4.78, 5) is 4.44. The van der Waals surface area contributed by atoms with E-state index in [1.54, 1.807) is 10.9 Å². The molecule has 0 radical (unpaired) electrons. The van der Waals surface area contributed by atoms with E-state index >= 15 is 0 Å². The fraction of sp³-hybridized carbons (Fsp3) is 0.292. The predicted octanol–water partition coefficient (Wildman–Crippen LogP) is 5.31. The molecule has 3 N–H and O–H groups in total. The Morgan fingerprint density at radius 1 is 1.12 bits per heavy atom. The number of rotatable bonds is 5. The van der Waals surface area contributed by atoms with Crippen molar-refractivity contribution < 1.29 is 4.39 Å². The number of halogens is 2. The van der Waals surface area contributed by atoms with Crippen LogP contribution in [-0.4, -0.2) is 31.3 Å². The molecule has 7 nitrogen and oxygen atoms in total. The van der Waals surface area contributed by atoms with Crippen LogP contribution in [0.1, 0.15) is 37.7 Å². The smallest absolute Gasteiger partial charge is 0.135 e. The molecule has 9 heteroatoms. The molecule has 0 unspecified atom stereocenters. The molecular formula is C24H25ClFN7. The molecule has 170 valence electrons. The first kappa shape index (κ1) is 21.5. The molecule has 33 heavy (non-hydrogen) atoms. The fourth-order valence-electron chi connectivity index (χ4n) is 4.34. The van der Waals surface area contributed by atoms with E-state index in [0.29, 0.717) is 16.6 Å². The zero-order valence-electron chi connectivity index (χ0n) is 18.3. The number of nitrogens with two attached hydrogens (primary N) is 1. The van der Waals surface area contributed by atoms with Crippen LogP contribution in [0.3, 0.4) is 0 Å². The Bertz CT molecular complexity index is 1330. The third-order valence-electron chi connectivity index (χ3n) is 6.05. The van der Waals surface area contributed by atoms with Crippen molar-refractivity contribution in [3.63, 3.8) is 0 Å². The van der Waals surface area contributed by atoms with Gasteiger partial charge in [-0.3, -0.25) is 4.68 Å². The van der Waals surface area contributed by atoms with E-state index in [0.717, 1.165) is 35.2 Å². The molecule has 0 bridgehead atoms. The third kappa shape index (κ3) is 4.43. The summed E-state index contributed by atoms with van der Waals surface area (Å²) in [5.74, 6) is -0.201. The van der Waals surface area contributed by atoms with E-state index in [1.165, 1.54) is 37.5 Å². The van der Waals surface area contributed by atoms with Crippen LogP contribution in [0.25, 0.3) is 16.6 Å². The fourth-order valence-corrected chi connectivity index (χ4v) is 4.50.